The molecular formula is C12H18O3. The van der Waals surface area contributed by atoms with Crippen LogP contribution in [0.15, 0.2) is 10.9 Å². The quantitative estimate of drug-likeness (QED) is 0.636. The monoisotopic (exact) mass is 210 g/mol. The molecule has 15 heavy (non-hydrogen) atoms. The SMILES string of the molecule is O=C(O)CCCCCCCCc1cc1=O. The fourth-order valence-corrected chi connectivity index (χ4v) is 1.62. The van der Waals surface area contributed by atoms with E-state index in [9.17, 15) is 9.59 Å². The third-order valence-corrected chi connectivity index (χ3v) is 2.63. The van der Waals surface area contributed by atoms with Crippen LogP contribution in [0.2, 0.25) is 0 Å². The second kappa shape index (κ2) is 6.38. The molecule has 0 bridgehead atoms. The molecule has 1 N–H and O–H groups in total. The Morgan fingerprint density at radius 2 is 1.60 bits per heavy atom. The Hall–Kier alpha value is -1.12. The summed E-state index contributed by atoms with van der Waals surface area (Å²) in [5.41, 5.74) is 1.23. The van der Waals surface area contributed by atoms with Crippen molar-refractivity contribution in [3.63, 3.8) is 0 Å². The van der Waals surface area contributed by atoms with Crippen LogP contribution in [0.5, 0.6) is 0 Å². The van der Waals surface area contributed by atoms with Crippen LogP contribution in [0.4, 0.5) is 0 Å². The zero-order chi connectivity index (χ0) is 11.1. The van der Waals surface area contributed by atoms with Crippen molar-refractivity contribution in [1.29, 1.82) is 0 Å². The molecule has 3 nitrogen and oxygen atoms in total. The molecular weight excluding hydrogens is 192 g/mol. The van der Waals surface area contributed by atoms with Gasteiger partial charge in [-0.1, -0.05) is 25.7 Å². The molecule has 0 aromatic heterocycles. The van der Waals surface area contributed by atoms with Crippen LogP contribution in [0.1, 0.15) is 50.5 Å². The fraction of sp³-hybridized carbons (Fsp3) is 0.667. The van der Waals surface area contributed by atoms with Crippen molar-refractivity contribution in [2.45, 2.75) is 51.4 Å². The molecule has 0 aliphatic rings. The molecule has 0 heterocycles. The summed E-state index contributed by atoms with van der Waals surface area (Å²) in [7, 11) is 0. The van der Waals surface area contributed by atoms with Gasteiger partial charge in [0.1, 0.15) is 0 Å². The zero-order valence-corrected chi connectivity index (χ0v) is 9.00. The lowest BCUT2D eigenvalue weighted by molar-refractivity contribution is -0.137. The highest BCUT2D eigenvalue weighted by Gasteiger charge is 2.06. The van der Waals surface area contributed by atoms with Crippen LogP contribution in [0.25, 0.3) is 0 Å². The highest BCUT2D eigenvalue weighted by Crippen LogP contribution is 2.10. The van der Waals surface area contributed by atoms with Gasteiger partial charge in [0.25, 0.3) is 0 Å². The number of aliphatic carboxylic acids is 1. The van der Waals surface area contributed by atoms with Gasteiger partial charge in [-0.3, -0.25) is 9.59 Å². The molecule has 0 radical (unpaired) electrons. The van der Waals surface area contributed by atoms with Crippen molar-refractivity contribution >= 4 is 5.97 Å². The van der Waals surface area contributed by atoms with E-state index in [1.807, 2.05) is 0 Å². The molecule has 0 aliphatic carbocycles. The minimum atomic E-state index is -0.700. The Labute approximate surface area is 89.8 Å². The molecule has 0 aliphatic heterocycles. The molecule has 84 valence electrons. The number of hydrogen-bond acceptors (Lipinski definition) is 2. The lowest BCUT2D eigenvalue weighted by atomic mass is 10.1. The smallest absolute Gasteiger partial charge is 0.303 e. The molecule has 0 spiro atoms. The molecule has 0 saturated heterocycles. The van der Waals surface area contributed by atoms with Gasteiger partial charge in [0.05, 0.1) is 0 Å². The maximum absolute atomic E-state index is 10.6. The summed E-state index contributed by atoms with van der Waals surface area (Å²) in [4.78, 5) is 20.8. The number of unbranched alkanes of at least 4 members (excludes halogenated alkanes) is 5. The van der Waals surface area contributed by atoms with E-state index in [2.05, 4.69) is 0 Å². The third kappa shape index (κ3) is 6.05. The van der Waals surface area contributed by atoms with E-state index in [1.54, 1.807) is 6.07 Å². The molecule has 0 atom stereocenters. The van der Waals surface area contributed by atoms with Crippen LogP contribution in [0.3, 0.4) is 0 Å². The van der Waals surface area contributed by atoms with Gasteiger partial charge in [0, 0.05) is 12.0 Å². The first kappa shape index (κ1) is 12.0. The summed E-state index contributed by atoms with van der Waals surface area (Å²) in [6, 6.07) is 1.70. The number of rotatable bonds is 9. The van der Waals surface area contributed by atoms with Crippen LogP contribution >= 0.6 is 0 Å². The third-order valence-electron chi connectivity index (χ3n) is 2.63. The Bertz CT molecular complexity index is 308. The first-order valence-electron chi connectivity index (χ1n) is 5.67. The number of hydrogen-bond donors (Lipinski definition) is 1. The molecule has 1 aromatic rings. The average Bonchev–Trinajstić information content (AvgIpc) is 2.86. The second-order valence-corrected chi connectivity index (χ2v) is 4.05. The normalized spacial score (nSPS) is 10.9. The summed E-state index contributed by atoms with van der Waals surface area (Å²) in [5, 5.41) is 8.41. The molecule has 0 unspecified atom stereocenters. The van der Waals surface area contributed by atoms with E-state index in [1.165, 1.54) is 0 Å². The minimum absolute atomic E-state index is 0.233. The first-order valence-corrected chi connectivity index (χ1v) is 5.67. The largest absolute Gasteiger partial charge is 0.481 e. The van der Waals surface area contributed by atoms with Crippen LogP contribution < -0.4 is 5.43 Å². The second-order valence-electron chi connectivity index (χ2n) is 4.05. The van der Waals surface area contributed by atoms with Crippen molar-refractivity contribution in [2.24, 2.45) is 0 Å². The highest BCUT2D eigenvalue weighted by molar-refractivity contribution is 5.66. The van der Waals surface area contributed by atoms with E-state index in [0.717, 1.165) is 50.5 Å². The Morgan fingerprint density at radius 3 is 2.13 bits per heavy atom. The summed E-state index contributed by atoms with van der Waals surface area (Å²) < 4.78 is 0. The number of carboxylic acid groups (broad SMARTS) is 1. The lowest BCUT2D eigenvalue weighted by Crippen LogP contribution is -1.93. The highest BCUT2D eigenvalue weighted by atomic mass is 16.4. The summed E-state index contributed by atoms with van der Waals surface area (Å²) in [6.45, 7) is 0. The van der Waals surface area contributed by atoms with Gasteiger partial charge in [-0.05, 0) is 25.3 Å². The fourth-order valence-electron chi connectivity index (χ4n) is 1.62. The minimum Gasteiger partial charge on any atom is -0.481 e. The van der Waals surface area contributed by atoms with Gasteiger partial charge in [-0.15, -0.1) is 0 Å². The van der Waals surface area contributed by atoms with E-state index in [-0.39, 0.29) is 5.43 Å². The van der Waals surface area contributed by atoms with E-state index < -0.39 is 5.97 Å². The van der Waals surface area contributed by atoms with Crippen LogP contribution in [-0.2, 0) is 11.2 Å². The van der Waals surface area contributed by atoms with Gasteiger partial charge < -0.3 is 5.11 Å². The standard InChI is InChI=1S/C12H18O3/c13-11-9-10(11)7-5-3-1-2-4-6-8-12(14)15/h9H,1-8H2,(H,14,15). The number of carbonyl (C=O) groups is 1. The van der Waals surface area contributed by atoms with Crippen molar-refractivity contribution in [1.82, 2.24) is 0 Å². The van der Waals surface area contributed by atoms with E-state index in [4.69, 9.17) is 5.11 Å². The Morgan fingerprint density at radius 1 is 1.07 bits per heavy atom. The van der Waals surface area contributed by atoms with Crippen molar-refractivity contribution in [3.8, 4) is 0 Å². The molecule has 1 rings (SSSR count). The van der Waals surface area contributed by atoms with Crippen LogP contribution in [-0.4, -0.2) is 11.1 Å². The summed E-state index contributed by atoms with van der Waals surface area (Å²) in [5.74, 6) is -0.700. The number of carboxylic acids is 1. The topological polar surface area (TPSA) is 54.4 Å². The van der Waals surface area contributed by atoms with Crippen molar-refractivity contribution in [2.75, 3.05) is 0 Å². The molecule has 3 heteroatoms. The van der Waals surface area contributed by atoms with E-state index >= 15 is 0 Å². The van der Waals surface area contributed by atoms with Gasteiger partial charge in [-0.2, -0.15) is 0 Å². The van der Waals surface area contributed by atoms with Gasteiger partial charge in [0.15, 0.2) is 5.43 Å². The molecule has 0 fully saturated rings. The molecule has 1 aromatic carbocycles. The van der Waals surface area contributed by atoms with Crippen molar-refractivity contribution < 1.29 is 9.90 Å². The Kier molecular flexibility index (Phi) is 5.08. The van der Waals surface area contributed by atoms with Crippen LogP contribution in [0, 0.1) is 0 Å². The van der Waals surface area contributed by atoms with Gasteiger partial charge in [0.2, 0.25) is 0 Å². The zero-order valence-electron chi connectivity index (χ0n) is 9.00. The first-order chi connectivity index (χ1) is 7.20. The number of aryl methyl sites for hydroxylation is 1. The summed E-state index contributed by atoms with van der Waals surface area (Å²) >= 11 is 0. The Balaban J connectivity index is 1.77. The molecule has 0 saturated carbocycles. The maximum atomic E-state index is 10.6. The summed E-state index contributed by atoms with van der Waals surface area (Å²) in [6.07, 6.45) is 7.54. The lowest BCUT2D eigenvalue weighted by Gasteiger charge is -1.98. The maximum Gasteiger partial charge on any atom is 0.303 e. The van der Waals surface area contributed by atoms with Gasteiger partial charge >= 0.3 is 5.97 Å². The average molecular weight is 210 g/mol. The molecule has 0 amide bonds. The van der Waals surface area contributed by atoms with E-state index in [0.29, 0.717) is 6.42 Å². The van der Waals surface area contributed by atoms with Gasteiger partial charge in [-0.25, -0.2) is 0 Å². The predicted molar refractivity (Wildman–Crippen MR) is 58.7 cm³/mol. The predicted octanol–water partition coefficient (Wildman–Crippen LogP) is 2.28. The van der Waals surface area contributed by atoms with Crippen molar-refractivity contribution in [3.05, 3.63) is 21.9 Å².